The van der Waals surface area contributed by atoms with Gasteiger partial charge in [-0.15, -0.1) is 0 Å². The highest BCUT2D eigenvalue weighted by atomic mass is 16.6. The molecule has 5 nitrogen and oxygen atoms in total. The van der Waals surface area contributed by atoms with Gasteiger partial charge in [-0.1, -0.05) is 56.3 Å². The highest BCUT2D eigenvalue weighted by molar-refractivity contribution is 5.81. The normalized spacial score (nSPS) is 11.3. The summed E-state index contributed by atoms with van der Waals surface area (Å²) >= 11 is 0. The number of hydrogen-bond donors (Lipinski definition) is 1. The van der Waals surface area contributed by atoms with Gasteiger partial charge >= 0.3 is 12.1 Å². The number of carbonyl (C=O) groups excluding carboxylic acids is 2. The quantitative estimate of drug-likeness (QED) is 0.433. The number of nitrogens with one attached hydrogen (secondary N) is 1. The molecule has 0 saturated heterocycles. The number of ether oxygens (including phenoxy) is 2. The molecule has 0 spiro atoms. The zero-order valence-electron chi connectivity index (χ0n) is 12.9. The van der Waals surface area contributed by atoms with Crippen LogP contribution < -0.4 is 5.32 Å². The first-order valence-electron chi connectivity index (χ1n) is 7.42. The minimum absolute atomic E-state index is 0.0920. The van der Waals surface area contributed by atoms with Crippen LogP contribution in [0.3, 0.4) is 0 Å². The maximum atomic E-state index is 12.1. The first-order valence-corrected chi connectivity index (χ1v) is 7.42. The van der Waals surface area contributed by atoms with Crippen LogP contribution in [0.5, 0.6) is 0 Å². The third kappa shape index (κ3) is 6.92. The van der Waals surface area contributed by atoms with Gasteiger partial charge in [0, 0.05) is 6.42 Å². The molecule has 22 heavy (non-hydrogen) atoms. The van der Waals surface area contributed by atoms with Crippen molar-refractivity contribution in [3.8, 4) is 0 Å². The van der Waals surface area contributed by atoms with Gasteiger partial charge in [-0.25, -0.2) is 9.59 Å². The third-order valence-corrected chi connectivity index (χ3v) is 2.93. The molecule has 1 aromatic rings. The molecule has 1 amide bonds. The van der Waals surface area contributed by atoms with Crippen molar-refractivity contribution in [2.75, 3.05) is 13.2 Å². The van der Waals surface area contributed by atoms with Gasteiger partial charge in [-0.3, -0.25) is 0 Å². The molecule has 0 saturated carbocycles. The van der Waals surface area contributed by atoms with Crippen molar-refractivity contribution in [3.05, 3.63) is 48.6 Å². The average Bonchev–Trinajstić information content (AvgIpc) is 2.53. The zero-order valence-corrected chi connectivity index (χ0v) is 12.9. The largest absolute Gasteiger partial charge is 0.464 e. The summed E-state index contributed by atoms with van der Waals surface area (Å²) in [5, 5.41) is 2.54. The molecular weight excluding hydrogens is 282 g/mol. The van der Waals surface area contributed by atoms with Crippen molar-refractivity contribution < 1.29 is 19.1 Å². The Hall–Kier alpha value is -2.30. The average molecular weight is 305 g/mol. The summed E-state index contributed by atoms with van der Waals surface area (Å²) in [7, 11) is 0. The predicted molar refractivity (Wildman–Crippen MR) is 84.5 cm³/mol. The van der Waals surface area contributed by atoms with Crippen molar-refractivity contribution >= 4 is 12.1 Å². The third-order valence-electron chi connectivity index (χ3n) is 2.93. The molecule has 120 valence electrons. The topological polar surface area (TPSA) is 64.6 Å². The number of amides is 1. The van der Waals surface area contributed by atoms with Crippen LogP contribution in [0, 0.1) is 0 Å². The number of rotatable bonds is 9. The first-order chi connectivity index (χ1) is 10.7. The van der Waals surface area contributed by atoms with Gasteiger partial charge in [-0.05, 0) is 12.0 Å². The van der Waals surface area contributed by atoms with E-state index in [1.165, 1.54) is 6.08 Å². The Morgan fingerprint density at radius 1 is 1.27 bits per heavy atom. The Kier molecular flexibility index (Phi) is 8.42. The standard InChI is InChI=1S/C17H23NO4/c1-3-5-12-21-16(19)15(18-17(20)22-11-4-2)13-14-9-7-6-8-10-14/h4,6-10,15H,2-3,5,11-13H2,1H3,(H,18,20)/t15-/m0/s1. The number of unbranched alkanes of at least 4 members (excludes halogenated alkanes) is 1. The number of hydrogen-bond acceptors (Lipinski definition) is 4. The molecule has 1 atom stereocenters. The van der Waals surface area contributed by atoms with E-state index in [0.717, 1.165) is 18.4 Å². The van der Waals surface area contributed by atoms with Crippen molar-refractivity contribution in [3.63, 3.8) is 0 Å². The fourth-order valence-electron chi connectivity index (χ4n) is 1.78. The van der Waals surface area contributed by atoms with Gasteiger partial charge in [0.05, 0.1) is 6.61 Å². The van der Waals surface area contributed by atoms with Gasteiger partial charge in [0.15, 0.2) is 0 Å². The first kappa shape index (κ1) is 17.8. The van der Waals surface area contributed by atoms with Crippen LogP contribution in [0.15, 0.2) is 43.0 Å². The highest BCUT2D eigenvalue weighted by Gasteiger charge is 2.23. The van der Waals surface area contributed by atoms with Gasteiger partial charge < -0.3 is 14.8 Å². The summed E-state index contributed by atoms with van der Waals surface area (Å²) in [4.78, 5) is 23.8. The Morgan fingerprint density at radius 2 is 2.00 bits per heavy atom. The zero-order chi connectivity index (χ0) is 16.2. The Bertz CT molecular complexity index is 473. The number of alkyl carbamates (subject to hydrolysis) is 1. The molecule has 0 aliphatic carbocycles. The van der Waals surface area contributed by atoms with Crippen molar-refractivity contribution in [2.24, 2.45) is 0 Å². The lowest BCUT2D eigenvalue weighted by atomic mass is 10.1. The van der Waals surface area contributed by atoms with Gasteiger partial charge in [-0.2, -0.15) is 0 Å². The van der Waals surface area contributed by atoms with Crippen molar-refractivity contribution in [1.82, 2.24) is 5.32 Å². The summed E-state index contributed by atoms with van der Waals surface area (Å²) in [6, 6.07) is 8.67. The number of benzene rings is 1. The molecule has 0 fully saturated rings. The van der Waals surface area contributed by atoms with E-state index >= 15 is 0 Å². The van der Waals surface area contributed by atoms with Crippen molar-refractivity contribution in [1.29, 1.82) is 0 Å². The maximum Gasteiger partial charge on any atom is 0.408 e. The van der Waals surface area contributed by atoms with E-state index in [9.17, 15) is 9.59 Å². The highest BCUT2D eigenvalue weighted by Crippen LogP contribution is 2.06. The molecule has 5 heteroatoms. The molecule has 1 rings (SSSR count). The van der Waals surface area contributed by atoms with E-state index in [-0.39, 0.29) is 6.61 Å². The fourth-order valence-corrected chi connectivity index (χ4v) is 1.78. The van der Waals surface area contributed by atoms with E-state index in [2.05, 4.69) is 11.9 Å². The molecule has 0 heterocycles. The smallest absolute Gasteiger partial charge is 0.408 e. The molecule has 0 radical (unpaired) electrons. The minimum Gasteiger partial charge on any atom is -0.464 e. The Morgan fingerprint density at radius 3 is 2.64 bits per heavy atom. The van der Waals surface area contributed by atoms with Crippen LogP contribution in [0.1, 0.15) is 25.3 Å². The second-order valence-electron chi connectivity index (χ2n) is 4.79. The molecule has 0 aliphatic heterocycles. The molecule has 0 aromatic heterocycles. The van der Waals surface area contributed by atoms with E-state index in [0.29, 0.717) is 13.0 Å². The van der Waals surface area contributed by atoms with Crippen LogP contribution in [0.4, 0.5) is 4.79 Å². The van der Waals surface area contributed by atoms with E-state index in [4.69, 9.17) is 9.47 Å². The summed E-state index contributed by atoms with van der Waals surface area (Å²) in [5.41, 5.74) is 0.934. The summed E-state index contributed by atoms with van der Waals surface area (Å²) in [6.45, 7) is 5.93. The minimum atomic E-state index is -0.767. The van der Waals surface area contributed by atoms with Crippen LogP contribution in [0.25, 0.3) is 0 Å². The van der Waals surface area contributed by atoms with Crippen LogP contribution >= 0.6 is 0 Å². The van der Waals surface area contributed by atoms with E-state index in [1.54, 1.807) is 0 Å². The molecular formula is C17H23NO4. The molecule has 0 unspecified atom stereocenters. The maximum absolute atomic E-state index is 12.1. The second kappa shape index (κ2) is 10.4. The molecule has 1 N–H and O–H groups in total. The lowest BCUT2D eigenvalue weighted by Crippen LogP contribution is -2.43. The van der Waals surface area contributed by atoms with Gasteiger partial charge in [0.25, 0.3) is 0 Å². The SMILES string of the molecule is C=CCOC(=O)N[C@@H](Cc1ccccc1)C(=O)OCCCC. The van der Waals surface area contributed by atoms with Crippen LogP contribution in [-0.2, 0) is 20.7 Å². The molecule has 1 aromatic carbocycles. The van der Waals surface area contributed by atoms with Gasteiger partial charge in [0.2, 0.25) is 0 Å². The lowest BCUT2D eigenvalue weighted by Gasteiger charge is -2.17. The monoisotopic (exact) mass is 305 g/mol. The summed E-state index contributed by atoms with van der Waals surface area (Å²) in [5.74, 6) is -0.451. The van der Waals surface area contributed by atoms with Crippen LogP contribution in [-0.4, -0.2) is 31.3 Å². The lowest BCUT2D eigenvalue weighted by molar-refractivity contribution is -0.146. The Labute approximate surface area is 131 Å². The fraction of sp³-hybridized carbons (Fsp3) is 0.412. The van der Waals surface area contributed by atoms with Crippen molar-refractivity contribution in [2.45, 2.75) is 32.2 Å². The van der Waals surface area contributed by atoms with Crippen LogP contribution in [0.2, 0.25) is 0 Å². The number of esters is 1. The predicted octanol–water partition coefficient (Wildman–Crippen LogP) is 2.85. The van der Waals surface area contributed by atoms with E-state index < -0.39 is 18.1 Å². The molecule has 0 bridgehead atoms. The summed E-state index contributed by atoms with van der Waals surface area (Å²) < 4.78 is 10.1. The van der Waals surface area contributed by atoms with E-state index in [1.807, 2.05) is 37.3 Å². The Balaban J connectivity index is 2.64. The summed E-state index contributed by atoms with van der Waals surface area (Å²) in [6.07, 6.45) is 2.89. The second-order valence-corrected chi connectivity index (χ2v) is 4.79. The number of carbonyl (C=O) groups is 2. The van der Waals surface area contributed by atoms with Gasteiger partial charge in [0.1, 0.15) is 12.6 Å². The molecule has 0 aliphatic rings.